The first-order valence-electron chi connectivity index (χ1n) is 14.7. The molecule has 0 spiro atoms. The highest BCUT2D eigenvalue weighted by Crippen LogP contribution is 2.61. The smallest absolute Gasteiger partial charge is 0.306 e. The van der Waals surface area contributed by atoms with Gasteiger partial charge in [-0.25, -0.2) is 19.9 Å². The van der Waals surface area contributed by atoms with Crippen LogP contribution in [0.5, 0.6) is 0 Å². The normalized spacial score (nSPS) is 19.4. The van der Waals surface area contributed by atoms with Crippen molar-refractivity contribution in [2.75, 3.05) is 0 Å². The Hall–Kier alpha value is -6.50. The van der Waals surface area contributed by atoms with Gasteiger partial charge in [-0.1, -0.05) is 62.4 Å². The first kappa shape index (κ1) is 30.5. The van der Waals surface area contributed by atoms with Crippen molar-refractivity contribution in [2.24, 2.45) is 11.8 Å². The Morgan fingerprint density at radius 3 is 1.32 bits per heavy atom. The molecule has 0 fully saturated rings. The summed E-state index contributed by atoms with van der Waals surface area (Å²) in [6, 6.07) is 22.1. The summed E-state index contributed by atoms with van der Waals surface area (Å²) in [5.74, 6) is -4.07. The number of rotatable bonds is 8. The van der Waals surface area contributed by atoms with Crippen molar-refractivity contribution in [3.8, 4) is 46.8 Å². The molecule has 2 aliphatic carbocycles. The molecule has 0 aliphatic heterocycles. The molecule has 47 heavy (non-hydrogen) atoms. The van der Waals surface area contributed by atoms with E-state index in [9.17, 15) is 40.8 Å². The summed E-state index contributed by atoms with van der Waals surface area (Å²) in [5.41, 5.74) is 0.326. The van der Waals surface area contributed by atoms with E-state index in [0.717, 1.165) is 0 Å². The SMILES string of the molecule is CC(CC1(CC2(CC(C)C(=O)O)c3ccccc3-c3nc(C#N)c(C#N)nc32)c2ccccc2-c2nc(C#N)c(C#N)nc21)C(=O)O. The molecule has 2 heterocycles. The van der Waals surface area contributed by atoms with E-state index in [1.165, 1.54) is 0 Å². The van der Waals surface area contributed by atoms with E-state index in [0.29, 0.717) is 33.6 Å². The highest BCUT2D eigenvalue weighted by atomic mass is 16.4. The summed E-state index contributed by atoms with van der Waals surface area (Å²) >= 11 is 0. The lowest BCUT2D eigenvalue weighted by atomic mass is 9.60. The van der Waals surface area contributed by atoms with Gasteiger partial charge in [-0.05, 0) is 30.4 Å². The zero-order valence-electron chi connectivity index (χ0n) is 25.2. The van der Waals surface area contributed by atoms with Crippen molar-refractivity contribution in [2.45, 2.75) is 43.9 Å². The molecule has 2 aromatic carbocycles. The number of nitriles is 4. The van der Waals surface area contributed by atoms with Gasteiger partial charge in [0.25, 0.3) is 0 Å². The molecule has 4 atom stereocenters. The van der Waals surface area contributed by atoms with Gasteiger partial charge in [0.15, 0.2) is 22.8 Å². The molecule has 2 aliphatic rings. The molecular formula is C35H24N8O4. The lowest BCUT2D eigenvalue weighted by Gasteiger charge is -2.42. The van der Waals surface area contributed by atoms with Crippen LogP contribution in [0, 0.1) is 57.2 Å². The molecule has 0 radical (unpaired) electrons. The van der Waals surface area contributed by atoms with Crippen LogP contribution in [0.2, 0.25) is 0 Å². The quantitative estimate of drug-likeness (QED) is 0.276. The van der Waals surface area contributed by atoms with Crippen LogP contribution in [0.15, 0.2) is 48.5 Å². The standard InChI is InChI=1S/C35H24N8O4/c1-18(32(44)45)11-34(22-9-5-3-7-20(22)28-30(34)42-26(15-38)24(13-36)40-28)17-35(12-19(2)33(46)47)23-10-6-4-8-21(23)29-31(35)43-27(16-39)25(14-37)41-29/h3-10,18-19H,11-12,17H2,1-2H3,(H,44,45)(H,46,47). The average Bonchev–Trinajstić information content (AvgIpc) is 3.48. The third-order valence-corrected chi connectivity index (χ3v) is 9.27. The maximum absolute atomic E-state index is 12.5. The Kier molecular flexibility index (Phi) is 7.23. The van der Waals surface area contributed by atoms with E-state index in [2.05, 4.69) is 9.97 Å². The number of nitrogens with zero attached hydrogens (tertiary/aromatic N) is 8. The maximum atomic E-state index is 12.5. The van der Waals surface area contributed by atoms with Gasteiger partial charge in [-0.15, -0.1) is 0 Å². The summed E-state index contributed by atoms with van der Waals surface area (Å²) in [7, 11) is 0. The molecule has 0 amide bonds. The number of aliphatic carboxylic acids is 2. The molecule has 2 N–H and O–H groups in total. The van der Waals surface area contributed by atoms with Gasteiger partial charge in [0.2, 0.25) is 0 Å². The third kappa shape index (κ3) is 4.47. The minimum absolute atomic E-state index is 0.000163. The van der Waals surface area contributed by atoms with Gasteiger partial charge < -0.3 is 10.2 Å². The van der Waals surface area contributed by atoms with Crippen LogP contribution in [0.3, 0.4) is 0 Å². The van der Waals surface area contributed by atoms with E-state index >= 15 is 0 Å². The largest absolute Gasteiger partial charge is 0.481 e. The molecule has 228 valence electrons. The van der Waals surface area contributed by atoms with Crippen molar-refractivity contribution in [1.29, 1.82) is 21.0 Å². The van der Waals surface area contributed by atoms with Gasteiger partial charge in [-0.3, -0.25) is 9.59 Å². The average molecular weight is 621 g/mol. The lowest BCUT2D eigenvalue weighted by Crippen LogP contribution is -2.42. The number of carboxylic acid groups (broad SMARTS) is 2. The van der Waals surface area contributed by atoms with Crippen molar-refractivity contribution >= 4 is 11.9 Å². The Labute approximate surface area is 268 Å². The van der Waals surface area contributed by atoms with Crippen LogP contribution in [-0.2, 0) is 20.4 Å². The molecule has 12 nitrogen and oxygen atoms in total. The van der Waals surface area contributed by atoms with Crippen molar-refractivity contribution in [3.63, 3.8) is 0 Å². The van der Waals surface area contributed by atoms with Crippen molar-refractivity contribution < 1.29 is 19.8 Å². The van der Waals surface area contributed by atoms with E-state index in [1.54, 1.807) is 50.2 Å². The minimum Gasteiger partial charge on any atom is -0.481 e. The molecule has 6 rings (SSSR count). The molecule has 0 saturated heterocycles. The number of fused-ring (bicyclic) bond motifs is 6. The zero-order chi connectivity index (χ0) is 33.7. The highest BCUT2D eigenvalue weighted by Gasteiger charge is 2.57. The van der Waals surface area contributed by atoms with E-state index < -0.39 is 34.6 Å². The van der Waals surface area contributed by atoms with Gasteiger partial charge >= 0.3 is 11.9 Å². The number of hydrogen-bond donors (Lipinski definition) is 2. The third-order valence-electron chi connectivity index (χ3n) is 9.27. The summed E-state index contributed by atoms with van der Waals surface area (Å²) in [4.78, 5) is 43.5. The monoisotopic (exact) mass is 620 g/mol. The number of aromatic nitrogens is 4. The topological polar surface area (TPSA) is 221 Å². The Morgan fingerprint density at radius 2 is 0.979 bits per heavy atom. The second kappa shape index (κ2) is 11.1. The second-order valence-electron chi connectivity index (χ2n) is 12.0. The lowest BCUT2D eigenvalue weighted by molar-refractivity contribution is -0.142. The number of carboxylic acids is 2. The first-order chi connectivity index (χ1) is 22.5. The summed E-state index contributed by atoms with van der Waals surface area (Å²) < 4.78 is 0. The highest BCUT2D eigenvalue weighted by molar-refractivity contribution is 5.82. The summed E-state index contributed by atoms with van der Waals surface area (Å²) in [5, 5.41) is 60.0. The van der Waals surface area contributed by atoms with Crippen LogP contribution >= 0.6 is 0 Å². The molecular weight excluding hydrogens is 596 g/mol. The van der Waals surface area contributed by atoms with Crippen molar-refractivity contribution in [3.05, 3.63) is 93.8 Å². The molecule has 0 saturated carbocycles. The van der Waals surface area contributed by atoms with E-state index in [-0.39, 0.29) is 53.4 Å². The number of hydrogen-bond acceptors (Lipinski definition) is 10. The predicted molar refractivity (Wildman–Crippen MR) is 163 cm³/mol. The summed E-state index contributed by atoms with van der Waals surface area (Å²) in [6.45, 7) is 3.12. The molecule has 12 heteroatoms. The summed E-state index contributed by atoms with van der Waals surface area (Å²) in [6.07, 6.45) is -0.0687. The molecule has 2 aromatic heterocycles. The second-order valence-corrected chi connectivity index (χ2v) is 12.0. The van der Waals surface area contributed by atoms with Crippen LogP contribution in [0.1, 0.15) is 78.4 Å². The molecule has 0 bridgehead atoms. The first-order valence-corrected chi connectivity index (χ1v) is 14.7. The fourth-order valence-corrected chi connectivity index (χ4v) is 7.35. The minimum atomic E-state index is -1.30. The Morgan fingerprint density at radius 1 is 0.638 bits per heavy atom. The number of carbonyl (C=O) groups is 2. The van der Waals surface area contributed by atoms with Crippen LogP contribution in [-0.4, -0.2) is 42.1 Å². The van der Waals surface area contributed by atoms with Crippen LogP contribution < -0.4 is 0 Å². The van der Waals surface area contributed by atoms with Gasteiger partial charge in [0.1, 0.15) is 24.3 Å². The van der Waals surface area contributed by atoms with Crippen LogP contribution in [0.25, 0.3) is 22.5 Å². The fraction of sp³-hybridized carbons (Fsp3) is 0.257. The maximum Gasteiger partial charge on any atom is 0.306 e. The van der Waals surface area contributed by atoms with E-state index in [1.807, 2.05) is 36.4 Å². The fourth-order valence-electron chi connectivity index (χ4n) is 7.35. The predicted octanol–water partition coefficient (Wildman–Crippen LogP) is 4.60. The Balaban J connectivity index is 1.76. The van der Waals surface area contributed by atoms with E-state index in [4.69, 9.17) is 9.97 Å². The molecule has 4 aromatic rings. The Bertz CT molecular complexity index is 2050. The molecule has 4 unspecified atom stereocenters. The van der Waals surface area contributed by atoms with Gasteiger partial charge in [0, 0.05) is 22.0 Å². The zero-order valence-corrected chi connectivity index (χ0v) is 25.2. The van der Waals surface area contributed by atoms with Crippen molar-refractivity contribution in [1.82, 2.24) is 19.9 Å². The van der Waals surface area contributed by atoms with Crippen LogP contribution in [0.4, 0.5) is 0 Å². The van der Waals surface area contributed by atoms with Gasteiger partial charge in [-0.2, -0.15) is 21.0 Å². The van der Waals surface area contributed by atoms with Gasteiger partial charge in [0.05, 0.1) is 34.6 Å². The number of benzene rings is 2.